The molecule has 0 radical (unpaired) electrons. The molecule has 0 bridgehead atoms. The predicted octanol–water partition coefficient (Wildman–Crippen LogP) is 1.85. The Bertz CT molecular complexity index is 85.1. The van der Waals surface area contributed by atoms with E-state index in [2.05, 4.69) is 17.1 Å². The van der Waals surface area contributed by atoms with Gasteiger partial charge in [-0.05, 0) is 32.5 Å². The first-order chi connectivity index (χ1) is 4.93. The standard InChI is InChI=1S/C8H18N2.2BrH/c1-2-9-5-8-10-6-3-4-7-10;;/h9H,2-8H2,1H3;2*1H. The zero-order valence-corrected chi connectivity index (χ0v) is 11.1. The summed E-state index contributed by atoms with van der Waals surface area (Å²) in [6.07, 6.45) is 2.82. The largest absolute Gasteiger partial charge is 0.316 e. The molecule has 0 aliphatic carbocycles. The van der Waals surface area contributed by atoms with Crippen molar-refractivity contribution in [1.82, 2.24) is 10.2 Å². The van der Waals surface area contributed by atoms with Gasteiger partial charge in [0.05, 0.1) is 0 Å². The summed E-state index contributed by atoms with van der Waals surface area (Å²) in [4.78, 5) is 2.53. The van der Waals surface area contributed by atoms with Crippen LogP contribution in [-0.2, 0) is 0 Å². The van der Waals surface area contributed by atoms with Gasteiger partial charge in [0, 0.05) is 13.1 Å². The lowest BCUT2D eigenvalue weighted by molar-refractivity contribution is 0.337. The highest BCUT2D eigenvalue weighted by Gasteiger charge is 2.09. The summed E-state index contributed by atoms with van der Waals surface area (Å²) >= 11 is 0. The van der Waals surface area contributed by atoms with Crippen LogP contribution in [0.2, 0.25) is 0 Å². The molecule has 0 aromatic heterocycles. The van der Waals surface area contributed by atoms with E-state index < -0.39 is 0 Å². The molecule has 0 atom stereocenters. The van der Waals surface area contributed by atoms with Gasteiger partial charge in [0.1, 0.15) is 0 Å². The Balaban J connectivity index is 0. The average molecular weight is 304 g/mol. The molecule has 0 aromatic carbocycles. The summed E-state index contributed by atoms with van der Waals surface area (Å²) in [6, 6.07) is 0. The van der Waals surface area contributed by atoms with Crippen molar-refractivity contribution in [2.75, 3.05) is 32.7 Å². The van der Waals surface area contributed by atoms with E-state index in [0.29, 0.717) is 0 Å². The Hall–Kier alpha value is 0.880. The molecule has 2 nitrogen and oxygen atoms in total. The van der Waals surface area contributed by atoms with Crippen LogP contribution in [-0.4, -0.2) is 37.6 Å². The van der Waals surface area contributed by atoms with Crippen LogP contribution in [0, 0.1) is 0 Å². The normalized spacial score (nSPS) is 16.8. The van der Waals surface area contributed by atoms with Crippen LogP contribution in [0.3, 0.4) is 0 Å². The van der Waals surface area contributed by atoms with Crippen LogP contribution in [0.15, 0.2) is 0 Å². The average Bonchev–Trinajstić information content (AvgIpc) is 2.41. The highest BCUT2D eigenvalue weighted by Crippen LogP contribution is 2.05. The number of likely N-dealkylation sites (tertiary alicyclic amines) is 1. The highest BCUT2D eigenvalue weighted by molar-refractivity contribution is 8.93. The van der Waals surface area contributed by atoms with Crippen molar-refractivity contribution in [3.05, 3.63) is 0 Å². The third kappa shape index (κ3) is 6.40. The fourth-order valence-electron chi connectivity index (χ4n) is 1.42. The van der Waals surface area contributed by atoms with E-state index in [0.717, 1.165) is 13.1 Å². The molecular weight excluding hydrogens is 284 g/mol. The van der Waals surface area contributed by atoms with E-state index >= 15 is 0 Å². The van der Waals surface area contributed by atoms with Gasteiger partial charge < -0.3 is 10.2 Å². The van der Waals surface area contributed by atoms with E-state index in [4.69, 9.17) is 0 Å². The summed E-state index contributed by atoms with van der Waals surface area (Å²) < 4.78 is 0. The van der Waals surface area contributed by atoms with Gasteiger partial charge in [-0.15, -0.1) is 34.0 Å². The molecule has 0 spiro atoms. The van der Waals surface area contributed by atoms with Crippen LogP contribution in [0.25, 0.3) is 0 Å². The van der Waals surface area contributed by atoms with Gasteiger partial charge >= 0.3 is 0 Å². The van der Waals surface area contributed by atoms with Crippen molar-refractivity contribution in [2.24, 2.45) is 0 Å². The summed E-state index contributed by atoms with van der Waals surface area (Å²) in [5.41, 5.74) is 0. The van der Waals surface area contributed by atoms with Crippen LogP contribution in [0.4, 0.5) is 0 Å². The first-order valence-electron chi connectivity index (χ1n) is 4.36. The summed E-state index contributed by atoms with van der Waals surface area (Å²) in [7, 11) is 0. The Kier molecular flexibility index (Phi) is 12.8. The van der Waals surface area contributed by atoms with Crippen LogP contribution >= 0.6 is 34.0 Å². The SMILES string of the molecule is Br.Br.CCNCCN1CCCC1. The Labute approximate surface area is 96.6 Å². The topological polar surface area (TPSA) is 15.3 Å². The van der Waals surface area contributed by atoms with E-state index in [1.807, 2.05) is 0 Å². The zero-order valence-electron chi connectivity index (χ0n) is 7.71. The van der Waals surface area contributed by atoms with Crippen molar-refractivity contribution >= 4 is 34.0 Å². The predicted molar refractivity (Wildman–Crippen MR) is 64.9 cm³/mol. The molecule has 1 aliphatic heterocycles. The van der Waals surface area contributed by atoms with E-state index in [-0.39, 0.29) is 34.0 Å². The van der Waals surface area contributed by atoms with Gasteiger partial charge in [-0.3, -0.25) is 0 Å². The van der Waals surface area contributed by atoms with E-state index in [1.54, 1.807) is 0 Å². The molecule has 76 valence electrons. The smallest absolute Gasteiger partial charge is 0.0107 e. The first kappa shape index (κ1) is 15.4. The molecule has 1 saturated heterocycles. The fourth-order valence-corrected chi connectivity index (χ4v) is 1.42. The molecule has 1 fully saturated rings. The maximum atomic E-state index is 3.33. The lowest BCUT2D eigenvalue weighted by Gasteiger charge is -2.13. The van der Waals surface area contributed by atoms with Crippen LogP contribution in [0.5, 0.6) is 0 Å². The van der Waals surface area contributed by atoms with Gasteiger partial charge in [-0.25, -0.2) is 0 Å². The third-order valence-electron chi connectivity index (χ3n) is 2.05. The number of likely N-dealkylation sites (N-methyl/N-ethyl adjacent to an activating group) is 1. The van der Waals surface area contributed by atoms with Crippen molar-refractivity contribution in [1.29, 1.82) is 0 Å². The molecule has 1 rings (SSSR count). The first-order valence-corrected chi connectivity index (χ1v) is 4.36. The van der Waals surface area contributed by atoms with Crippen LogP contribution < -0.4 is 5.32 Å². The number of nitrogens with zero attached hydrogens (tertiary/aromatic N) is 1. The second kappa shape index (κ2) is 9.96. The molecular formula is C8H20Br2N2. The van der Waals surface area contributed by atoms with Crippen molar-refractivity contribution in [3.8, 4) is 0 Å². The third-order valence-corrected chi connectivity index (χ3v) is 2.05. The van der Waals surface area contributed by atoms with Crippen molar-refractivity contribution in [2.45, 2.75) is 19.8 Å². The monoisotopic (exact) mass is 302 g/mol. The minimum Gasteiger partial charge on any atom is -0.316 e. The maximum Gasteiger partial charge on any atom is 0.0107 e. The lowest BCUT2D eigenvalue weighted by Crippen LogP contribution is -2.29. The summed E-state index contributed by atoms with van der Waals surface area (Å²) in [5.74, 6) is 0. The molecule has 0 aromatic rings. The Morgan fingerprint density at radius 3 is 2.25 bits per heavy atom. The van der Waals surface area contributed by atoms with Crippen LogP contribution in [0.1, 0.15) is 19.8 Å². The Morgan fingerprint density at radius 2 is 1.75 bits per heavy atom. The molecule has 1 aliphatic rings. The molecule has 1 heterocycles. The minimum absolute atomic E-state index is 0. The minimum atomic E-state index is 0. The molecule has 0 amide bonds. The molecule has 4 heteroatoms. The van der Waals surface area contributed by atoms with Gasteiger partial charge in [-0.1, -0.05) is 6.92 Å². The van der Waals surface area contributed by atoms with E-state index in [9.17, 15) is 0 Å². The molecule has 0 unspecified atom stereocenters. The van der Waals surface area contributed by atoms with Crippen molar-refractivity contribution in [3.63, 3.8) is 0 Å². The second-order valence-electron chi connectivity index (χ2n) is 2.90. The van der Waals surface area contributed by atoms with Gasteiger partial charge in [0.2, 0.25) is 0 Å². The zero-order chi connectivity index (χ0) is 7.23. The van der Waals surface area contributed by atoms with Gasteiger partial charge in [0.15, 0.2) is 0 Å². The summed E-state index contributed by atoms with van der Waals surface area (Å²) in [5, 5.41) is 3.33. The van der Waals surface area contributed by atoms with Gasteiger partial charge in [-0.2, -0.15) is 0 Å². The second-order valence-corrected chi connectivity index (χ2v) is 2.90. The fraction of sp³-hybridized carbons (Fsp3) is 1.00. The number of rotatable bonds is 4. The number of nitrogens with one attached hydrogen (secondary N) is 1. The maximum absolute atomic E-state index is 3.33. The number of halogens is 2. The van der Waals surface area contributed by atoms with E-state index in [1.165, 1.54) is 32.5 Å². The van der Waals surface area contributed by atoms with Crippen molar-refractivity contribution < 1.29 is 0 Å². The number of hydrogen-bond acceptors (Lipinski definition) is 2. The Morgan fingerprint density at radius 1 is 1.17 bits per heavy atom. The summed E-state index contributed by atoms with van der Waals surface area (Å²) in [6.45, 7) is 8.32. The molecule has 0 saturated carbocycles. The number of hydrogen-bond donors (Lipinski definition) is 1. The van der Waals surface area contributed by atoms with Gasteiger partial charge in [0.25, 0.3) is 0 Å². The quantitative estimate of drug-likeness (QED) is 0.798. The molecule has 12 heavy (non-hydrogen) atoms. The highest BCUT2D eigenvalue weighted by atomic mass is 79.9. The lowest BCUT2D eigenvalue weighted by atomic mass is 10.4. The molecule has 1 N–H and O–H groups in total.